The van der Waals surface area contributed by atoms with E-state index >= 15 is 0 Å². The summed E-state index contributed by atoms with van der Waals surface area (Å²) in [5.41, 5.74) is 1.48. The summed E-state index contributed by atoms with van der Waals surface area (Å²) in [6, 6.07) is 16.8. The van der Waals surface area contributed by atoms with Crippen molar-refractivity contribution in [3.05, 3.63) is 60.2 Å². The number of hydrogen-bond acceptors (Lipinski definition) is 4. The molecule has 1 aliphatic rings. The SMILES string of the molecule is COc1ccc(-c2c(OC(C)C(=O)NC3CC3)ccc3ccccc23)cc1C(=O)O. The number of carbonyl (C=O) groups is 2. The van der Waals surface area contributed by atoms with E-state index in [1.165, 1.54) is 7.11 Å². The number of ether oxygens (including phenoxy) is 2. The van der Waals surface area contributed by atoms with Gasteiger partial charge in [0, 0.05) is 11.6 Å². The Morgan fingerprint density at radius 2 is 1.80 bits per heavy atom. The standard InChI is InChI=1S/C24H23NO5/c1-14(23(26)25-17-9-10-17)30-21-12-7-15-5-3-4-6-18(15)22(21)16-8-11-20(29-2)19(13-16)24(27)28/h3-8,11-14,17H,9-10H2,1-2H3,(H,25,26)(H,27,28). The van der Waals surface area contributed by atoms with Crippen LogP contribution in [0.1, 0.15) is 30.1 Å². The van der Waals surface area contributed by atoms with Crippen molar-refractivity contribution < 1.29 is 24.2 Å². The highest BCUT2D eigenvalue weighted by Crippen LogP contribution is 2.39. The quantitative estimate of drug-likeness (QED) is 0.614. The molecular weight excluding hydrogens is 382 g/mol. The van der Waals surface area contributed by atoms with Gasteiger partial charge in [0.05, 0.1) is 7.11 Å². The van der Waals surface area contributed by atoms with Crippen molar-refractivity contribution in [3.63, 3.8) is 0 Å². The second kappa shape index (κ2) is 8.06. The number of carboxylic acid groups (broad SMARTS) is 1. The summed E-state index contributed by atoms with van der Waals surface area (Å²) < 4.78 is 11.3. The van der Waals surface area contributed by atoms with E-state index in [2.05, 4.69) is 5.32 Å². The summed E-state index contributed by atoms with van der Waals surface area (Å²) in [7, 11) is 1.44. The van der Waals surface area contributed by atoms with E-state index < -0.39 is 12.1 Å². The Bertz CT molecular complexity index is 1120. The number of fused-ring (bicyclic) bond motifs is 1. The van der Waals surface area contributed by atoms with Crippen molar-refractivity contribution in [2.24, 2.45) is 0 Å². The van der Waals surface area contributed by atoms with E-state index in [1.807, 2.05) is 36.4 Å². The number of methoxy groups -OCH3 is 1. The van der Waals surface area contributed by atoms with Crippen LogP contribution < -0.4 is 14.8 Å². The van der Waals surface area contributed by atoms with Crippen LogP contribution in [0.3, 0.4) is 0 Å². The van der Waals surface area contributed by atoms with E-state index in [9.17, 15) is 14.7 Å². The van der Waals surface area contributed by atoms with Gasteiger partial charge in [0.25, 0.3) is 5.91 Å². The van der Waals surface area contributed by atoms with Crippen molar-refractivity contribution in [2.75, 3.05) is 7.11 Å². The van der Waals surface area contributed by atoms with Crippen LogP contribution in [0.5, 0.6) is 11.5 Å². The fraction of sp³-hybridized carbons (Fsp3) is 0.250. The second-order valence-corrected chi connectivity index (χ2v) is 7.42. The molecule has 0 aliphatic heterocycles. The number of carboxylic acids is 1. The molecule has 1 amide bonds. The van der Waals surface area contributed by atoms with Crippen LogP contribution in [-0.4, -0.2) is 36.2 Å². The Balaban J connectivity index is 1.80. The van der Waals surface area contributed by atoms with Crippen LogP contribution in [0.25, 0.3) is 21.9 Å². The summed E-state index contributed by atoms with van der Waals surface area (Å²) >= 11 is 0. The fourth-order valence-corrected chi connectivity index (χ4v) is 3.47. The molecule has 0 bridgehead atoms. The zero-order valence-electron chi connectivity index (χ0n) is 16.8. The smallest absolute Gasteiger partial charge is 0.339 e. The molecule has 0 saturated heterocycles. The van der Waals surface area contributed by atoms with Crippen molar-refractivity contribution >= 4 is 22.6 Å². The molecule has 0 aromatic heterocycles. The highest BCUT2D eigenvalue weighted by Gasteiger charge is 2.27. The Hall–Kier alpha value is -3.54. The summed E-state index contributed by atoms with van der Waals surface area (Å²) in [5, 5.41) is 14.4. The lowest BCUT2D eigenvalue weighted by Crippen LogP contribution is -2.37. The van der Waals surface area contributed by atoms with Crippen molar-refractivity contribution in [3.8, 4) is 22.6 Å². The van der Waals surface area contributed by atoms with Crippen LogP contribution in [0.15, 0.2) is 54.6 Å². The van der Waals surface area contributed by atoms with Gasteiger partial charge in [-0.05, 0) is 54.3 Å². The molecule has 6 nitrogen and oxygen atoms in total. The molecular formula is C24H23NO5. The largest absolute Gasteiger partial charge is 0.496 e. The molecule has 30 heavy (non-hydrogen) atoms. The molecule has 4 rings (SSSR count). The molecule has 1 saturated carbocycles. The van der Waals surface area contributed by atoms with Crippen LogP contribution in [0.4, 0.5) is 0 Å². The van der Waals surface area contributed by atoms with Crippen LogP contribution >= 0.6 is 0 Å². The second-order valence-electron chi connectivity index (χ2n) is 7.42. The van der Waals surface area contributed by atoms with Gasteiger partial charge in [-0.15, -0.1) is 0 Å². The van der Waals surface area contributed by atoms with Gasteiger partial charge in [-0.2, -0.15) is 0 Å². The normalized spacial score (nSPS) is 14.2. The molecule has 6 heteroatoms. The third-order valence-corrected chi connectivity index (χ3v) is 5.21. The Morgan fingerprint density at radius 1 is 1.07 bits per heavy atom. The van der Waals surface area contributed by atoms with Crippen LogP contribution in [-0.2, 0) is 4.79 Å². The minimum absolute atomic E-state index is 0.0633. The molecule has 0 spiro atoms. The van der Waals surface area contributed by atoms with Gasteiger partial charge in [0.2, 0.25) is 0 Å². The fourth-order valence-electron chi connectivity index (χ4n) is 3.47. The summed E-state index contributed by atoms with van der Waals surface area (Å²) in [4.78, 5) is 24.1. The highest BCUT2D eigenvalue weighted by molar-refractivity contribution is 6.01. The Labute approximate surface area is 174 Å². The van der Waals surface area contributed by atoms with E-state index in [-0.39, 0.29) is 23.3 Å². The lowest BCUT2D eigenvalue weighted by atomic mass is 9.95. The maximum Gasteiger partial charge on any atom is 0.339 e. The first kappa shape index (κ1) is 19.8. The predicted octanol–water partition coefficient (Wildman–Crippen LogP) is 4.26. The minimum Gasteiger partial charge on any atom is -0.496 e. The van der Waals surface area contributed by atoms with Crippen LogP contribution in [0.2, 0.25) is 0 Å². The minimum atomic E-state index is -1.08. The number of amides is 1. The van der Waals surface area contributed by atoms with Crippen molar-refractivity contribution in [1.82, 2.24) is 5.32 Å². The molecule has 1 aliphatic carbocycles. The third-order valence-electron chi connectivity index (χ3n) is 5.21. The molecule has 3 aromatic rings. The van der Waals surface area contributed by atoms with Gasteiger partial charge in [-0.25, -0.2) is 4.79 Å². The Morgan fingerprint density at radius 3 is 2.50 bits per heavy atom. The van der Waals surface area contributed by atoms with Gasteiger partial charge >= 0.3 is 5.97 Å². The molecule has 1 unspecified atom stereocenters. The van der Waals surface area contributed by atoms with Gasteiger partial charge in [0.1, 0.15) is 17.1 Å². The maximum atomic E-state index is 12.4. The molecule has 0 radical (unpaired) electrons. The van der Waals surface area contributed by atoms with Gasteiger partial charge < -0.3 is 19.9 Å². The first-order chi connectivity index (χ1) is 14.5. The van der Waals surface area contributed by atoms with Gasteiger partial charge in [0.15, 0.2) is 6.10 Å². The summed E-state index contributed by atoms with van der Waals surface area (Å²) in [5.74, 6) is -0.425. The van der Waals surface area contributed by atoms with E-state index in [0.29, 0.717) is 11.3 Å². The monoisotopic (exact) mass is 405 g/mol. The molecule has 0 heterocycles. The average molecular weight is 405 g/mol. The number of carbonyl (C=O) groups excluding carboxylic acids is 1. The van der Waals surface area contributed by atoms with Crippen molar-refractivity contribution in [1.29, 1.82) is 0 Å². The van der Waals surface area contributed by atoms with Crippen LogP contribution in [0, 0.1) is 0 Å². The molecule has 2 N–H and O–H groups in total. The number of nitrogens with one attached hydrogen (secondary N) is 1. The lowest BCUT2D eigenvalue weighted by Gasteiger charge is -2.19. The highest BCUT2D eigenvalue weighted by atomic mass is 16.5. The maximum absolute atomic E-state index is 12.4. The molecule has 1 atom stereocenters. The predicted molar refractivity (Wildman–Crippen MR) is 114 cm³/mol. The van der Waals surface area contributed by atoms with Gasteiger partial charge in [-0.3, -0.25) is 4.79 Å². The van der Waals surface area contributed by atoms with E-state index in [4.69, 9.17) is 9.47 Å². The molecule has 1 fully saturated rings. The summed E-state index contributed by atoms with van der Waals surface area (Å²) in [6.45, 7) is 1.72. The molecule has 154 valence electrons. The first-order valence-corrected chi connectivity index (χ1v) is 9.88. The summed E-state index contributed by atoms with van der Waals surface area (Å²) in [6.07, 6.45) is 1.33. The average Bonchev–Trinajstić information content (AvgIpc) is 3.57. The zero-order chi connectivity index (χ0) is 21.3. The third kappa shape index (κ3) is 3.94. The first-order valence-electron chi connectivity index (χ1n) is 9.88. The Kier molecular flexibility index (Phi) is 5.31. The van der Waals surface area contributed by atoms with Crippen molar-refractivity contribution in [2.45, 2.75) is 31.9 Å². The lowest BCUT2D eigenvalue weighted by molar-refractivity contribution is -0.127. The zero-order valence-corrected chi connectivity index (χ0v) is 16.8. The van der Waals surface area contributed by atoms with E-state index in [1.54, 1.807) is 25.1 Å². The number of benzene rings is 3. The number of aromatic carboxylic acids is 1. The number of hydrogen-bond donors (Lipinski definition) is 2. The topological polar surface area (TPSA) is 84.9 Å². The van der Waals surface area contributed by atoms with Gasteiger partial charge in [-0.1, -0.05) is 36.4 Å². The molecule has 3 aromatic carbocycles. The van der Waals surface area contributed by atoms with E-state index in [0.717, 1.165) is 29.2 Å². The number of rotatable bonds is 7.